The molecule has 0 radical (unpaired) electrons. The highest BCUT2D eigenvalue weighted by Crippen LogP contribution is 2.43. The second-order valence-electron chi connectivity index (χ2n) is 5.59. The number of methoxy groups -OCH3 is 2. The van der Waals surface area contributed by atoms with E-state index in [9.17, 15) is 19.7 Å². The van der Waals surface area contributed by atoms with E-state index in [1.165, 1.54) is 38.5 Å². The zero-order valence-electron chi connectivity index (χ0n) is 14.1. The summed E-state index contributed by atoms with van der Waals surface area (Å²) in [5.74, 6) is -0.219. The second kappa shape index (κ2) is 6.83. The maximum absolute atomic E-state index is 12.5. The van der Waals surface area contributed by atoms with Crippen LogP contribution in [-0.2, 0) is 4.74 Å². The largest absolute Gasteiger partial charge is 0.493 e. The highest BCUT2D eigenvalue weighted by atomic mass is 16.6. The third kappa shape index (κ3) is 2.97. The first kappa shape index (κ1) is 17.4. The standard InChI is InChI=1S/C18H15NO7/c1-24-14-8-7-12-15(26-18(21)16(12)17(14)25-2)9-13(20)10-3-5-11(6-4-10)19(22)23/h3-8,15H,9H2,1-2H3/t15-/m0/s1. The Morgan fingerprint density at radius 3 is 2.42 bits per heavy atom. The van der Waals surface area contributed by atoms with Crippen LogP contribution in [0, 0.1) is 10.1 Å². The van der Waals surface area contributed by atoms with Crippen molar-refractivity contribution in [2.45, 2.75) is 12.5 Å². The Morgan fingerprint density at radius 2 is 1.85 bits per heavy atom. The lowest BCUT2D eigenvalue weighted by Crippen LogP contribution is -2.07. The number of nitrogens with zero attached hydrogens (tertiary/aromatic N) is 1. The molecule has 1 atom stereocenters. The van der Waals surface area contributed by atoms with Crippen LogP contribution in [0.5, 0.6) is 11.5 Å². The number of hydrogen-bond acceptors (Lipinski definition) is 7. The number of carbonyl (C=O) groups is 2. The van der Waals surface area contributed by atoms with Gasteiger partial charge in [-0.25, -0.2) is 4.79 Å². The van der Waals surface area contributed by atoms with Gasteiger partial charge in [0.25, 0.3) is 5.69 Å². The predicted octanol–water partition coefficient (Wildman–Crippen LogP) is 3.10. The molecule has 0 aliphatic carbocycles. The molecule has 134 valence electrons. The van der Waals surface area contributed by atoms with Crippen molar-refractivity contribution in [2.75, 3.05) is 14.2 Å². The van der Waals surface area contributed by atoms with Crippen LogP contribution in [0.2, 0.25) is 0 Å². The number of non-ortho nitro benzene ring substituents is 1. The summed E-state index contributed by atoms with van der Waals surface area (Å²) in [7, 11) is 2.88. The van der Waals surface area contributed by atoms with Crippen molar-refractivity contribution in [1.29, 1.82) is 0 Å². The van der Waals surface area contributed by atoms with Crippen molar-refractivity contribution >= 4 is 17.4 Å². The van der Waals surface area contributed by atoms with E-state index in [0.29, 0.717) is 16.9 Å². The average molecular weight is 357 g/mol. The highest BCUT2D eigenvalue weighted by molar-refractivity contribution is 6.01. The highest BCUT2D eigenvalue weighted by Gasteiger charge is 2.37. The summed E-state index contributed by atoms with van der Waals surface area (Å²) in [6, 6.07) is 8.59. The van der Waals surface area contributed by atoms with E-state index < -0.39 is 17.0 Å². The minimum Gasteiger partial charge on any atom is -0.493 e. The molecule has 0 bridgehead atoms. The first-order chi connectivity index (χ1) is 12.5. The Morgan fingerprint density at radius 1 is 1.15 bits per heavy atom. The fourth-order valence-corrected chi connectivity index (χ4v) is 2.88. The third-order valence-corrected chi connectivity index (χ3v) is 4.15. The summed E-state index contributed by atoms with van der Waals surface area (Å²) in [5, 5.41) is 10.7. The molecular formula is C18H15NO7. The van der Waals surface area contributed by atoms with Gasteiger partial charge in [-0.3, -0.25) is 14.9 Å². The lowest BCUT2D eigenvalue weighted by molar-refractivity contribution is -0.384. The van der Waals surface area contributed by atoms with Crippen molar-refractivity contribution in [3.63, 3.8) is 0 Å². The van der Waals surface area contributed by atoms with Gasteiger partial charge < -0.3 is 14.2 Å². The first-order valence-corrected chi connectivity index (χ1v) is 7.69. The van der Waals surface area contributed by atoms with Crippen molar-refractivity contribution in [2.24, 2.45) is 0 Å². The first-order valence-electron chi connectivity index (χ1n) is 7.69. The molecule has 1 aliphatic rings. The van der Waals surface area contributed by atoms with Crippen LogP contribution >= 0.6 is 0 Å². The summed E-state index contributed by atoms with van der Waals surface area (Å²) in [6.45, 7) is 0. The van der Waals surface area contributed by atoms with Gasteiger partial charge in [0.15, 0.2) is 17.3 Å². The van der Waals surface area contributed by atoms with Gasteiger partial charge in [-0.05, 0) is 18.2 Å². The van der Waals surface area contributed by atoms with Crippen LogP contribution in [0.3, 0.4) is 0 Å². The smallest absolute Gasteiger partial charge is 0.343 e. The molecule has 3 rings (SSSR count). The molecule has 2 aromatic rings. The Labute approximate surface area is 148 Å². The molecule has 0 N–H and O–H groups in total. The zero-order chi connectivity index (χ0) is 18.8. The predicted molar refractivity (Wildman–Crippen MR) is 89.7 cm³/mol. The van der Waals surface area contributed by atoms with Crippen molar-refractivity contribution in [3.8, 4) is 11.5 Å². The van der Waals surface area contributed by atoms with Crippen LogP contribution in [0.25, 0.3) is 0 Å². The minimum absolute atomic E-state index is 0.0773. The zero-order valence-corrected chi connectivity index (χ0v) is 14.1. The third-order valence-electron chi connectivity index (χ3n) is 4.15. The van der Waals surface area contributed by atoms with Gasteiger partial charge in [-0.1, -0.05) is 6.07 Å². The number of ketones is 1. The van der Waals surface area contributed by atoms with Gasteiger partial charge in [0.1, 0.15) is 11.7 Å². The SMILES string of the molecule is COc1ccc2c(c1OC)C(=O)O[C@H]2CC(=O)c1ccc([N+](=O)[O-])cc1. The molecule has 26 heavy (non-hydrogen) atoms. The number of rotatable bonds is 6. The summed E-state index contributed by atoms with van der Waals surface area (Å²) in [4.78, 5) is 34.8. The summed E-state index contributed by atoms with van der Waals surface area (Å²) in [6.07, 6.45) is -0.827. The fourth-order valence-electron chi connectivity index (χ4n) is 2.88. The monoisotopic (exact) mass is 357 g/mol. The Balaban J connectivity index is 1.86. The average Bonchev–Trinajstić information content (AvgIpc) is 2.96. The van der Waals surface area contributed by atoms with Crippen LogP contribution < -0.4 is 9.47 Å². The molecule has 0 unspecified atom stereocenters. The molecule has 0 amide bonds. The van der Waals surface area contributed by atoms with E-state index in [1.807, 2.05) is 0 Å². The molecule has 0 aromatic heterocycles. The van der Waals surface area contributed by atoms with Gasteiger partial charge >= 0.3 is 5.97 Å². The van der Waals surface area contributed by atoms with Crippen LogP contribution in [0.4, 0.5) is 5.69 Å². The Kier molecular flexibility index (Phi) is 4.57. The second-order valence-corrected chi connectivity index (χ2v) is 5.59. The van der Waals surface area contributed by atoms with E-state index in [4.69, 9.17) is 14.2 Å². The summed E-state index contributed by atoms with van der Waals surface area (Å²) in [5.41, 5.74) is 0.993. The normalized spacial score (nSPS) is 15.2. The van der Waals surface area contributed by atoms with E-state index in [1.54, 1.807) is 12.1 Å². The number of cyclic esters (lactones) is 1. The summed E-state index contributed by atoms with van der Waals surface area (Å²) < 4.78 is 15.7. The number of ether oxygens (including phenoxy) is 3. The molecule has 0 spiro atoms. The quantitative estimate of drug-likeness (QED) is 0.338. The molecule has 0 saturated carbocycles. The number of esters is 1. The van der Waals surface area contributed by atoms with Crippen LogP contribution in [0.1, 0.15) is 38.8 Å². The van der Waals surface area contributed by atoms with E-state index in [-0.39, 0.29) is 29.2 Å². The van der Waals surface area contributed by atoms with Gasteiger partial charge in [0.05, 0.1) is 25.6 Å². The lowest BCUT2D eigenvalue weighted by atomic mass is 9.97. The molecule has 8 nitrogen and oxygen atoms in total. The molecule has 2 aromatic carbocycles. The van der Waals surface area contributed by atoms with Gasteiger partial charge in [-0.15, -0.1) is 0 Å². The van der Waals surface area contributed by atoms with Crippen LogP contribution in [-0.4, -0.2) is 30.9 Å². The van der Waals surface area contributed by atoms with E-state index in [0.717, 1.165) is 0 Å². The number of Topliss-reactive ketones (excluding diaryl/α,β-unsaturated/α-hetero) is 1. The Hall–Kier alpha value is -3.42. The topological polar surface area (TPSA) is 105 Å². The molecule has 1 heterocycles. The minimum atomic E-state index is -0.750. The number of nitro groups is 1. The Bertz CT molecular complexity index is 889. The summed E-state index contributed by atoms with van der Waals surface area (Å²) >= 11 is 0. The van der Waals surface area contributed by atoms with Crippen LogP contribution in [0.15, 0.2) is 36.4 Å². The van der Waals surface area contributed by atoms with Gasteiger partial charge in [0.2, 0.25) is 0 Å². The molecular weight excluding hydrogens is 342 g/mol. The lowest BCUT2D eigenvalue weighted by Gasteiger charge is -2.12. The molecule has 1 aliphatic heterocycles. The van der Waals surface area contributed by atoms with E-state index >= 15 is 0 Å². The van der Waals surface area contributed by atoms with Crippen molar-refractivity contribution < 1.29 is 28.7 Å². The van der Waals surface area contributed by atoms with Crippen molar-refractivity contribution in [1.82, 2.24) is 0 Å². The number of hydrogen-bond donors (Lipinski definition) is 0. The maximum Gasteiger partial charge on any atom is 0.343 e. The molecule has 0 fully saturated rings. The molecule has 0 saturated heterocycles. The maximum atomic E-state index is 12.5. The van der Waals surface area contributed by atoms with Gasteiger partial charge in [-0.2, -0.15) is 0 Å². The number of carbonyl (C=O) groups excluding carboxylic acids is 2. The van der Waals surface area contributed by atoms with Crippen molar-refractivity contribution in [3.05, 3.63) is 63.2 Å². The fraction of sp³-hybridized carbons (Fsp3) is 0.222. The number of nitro benzene ring substituents is 1. The van der Waals surface area contributed by atoms with E-state index in [2.05, 4.69) is 0 Å². The van der Waals surface area contributed by atoms with Gasteiger partial charge in [0, 0.05) is 23.3 Å². The number of benzene rings is 2. The molecule has 8 heteroatoms. The number of fused-ring (bicyclic) bond motifs is 1.